The molecule has 10 nitrogen and oxygen atoms in total. The van der Waals surface area contributed by atoms with Gasteiger partial charge < -0.3 is 36.6 Å². The molecular formula is C20H19ClN2O8. The zero-order valence-corrected chi connectivity index (χ0v) is 16.8. The maximum Gasteiger partial charge on any atom is 0.255 e. The van der Waals surface area contributed by atoms with E-state index in [0.717, 1.165) is 6.07 Å². The molecule has 0 aromatic heterocycles. The summed E-state index contributed by atoms with van der Waals surface area (Å²) in [5.41, 5.74) is 0.649. The van der Waals surface area contributed by atoms with Crippen LogP contribution in [0.4, 0.5) is 0 Å². The number of phenols is 1. The number of ketones is 2. The predicted molar refractivity (Wildman–Crippen MR) is 105 cm³/mol. The second-order valence-corrected chi connectivity index (χ2v) is 8.23. The summed E-state index contributed by atoms with van der Waals surface area (Å²) in [6.45, 7) is 0. The lowest BCUT2D eigenvalue weighted by molar-refractivity contribution is -0.147. The van der Waals surface area contributed by atoms with Crippen molar-refractivity contribution in [3.8, 4) is 5.75 Å². The van der Waals surface area contributed by atoms with Crippen molar-refractivity contribution in [2.75, 3.05) is 7.05 Å². The molecule has 5 atom stereocenters. The van der Waals surface area contributed by atoms with Crippen molar-refractivity contribution in [3.63, 3.8) is 0 Å². The number of primary amides is 1. The van der Waals surface area contributed by atoms with Gasteiger partial charge in [-0.2, -0.15) is 0 Å². The molecule has 1 aromatic carbocycles. The van der Waals surface area contributed by atoms with Gasteiger partial charge in [0.1, 0.15) is 22.8 Å². The van der Waals surface area contributed by atoms with E-state index in [1.54, 1.807) is 0 Å². The zero-order valence-electron chi connectivity index (χ0n) is 16.1. The van der Waals surface area contributed by atoms with Crippen LogP contribution in [-0.4, -0.2) is 61.7 Å². The average Bonchev–Trinajstić information content (AvgIpc) is 2.70. The number of hydrogen-bond donors (Lipinski definition) is 7. The SMILES string of the molecule is CN[C@@H]1C(O)=C(C(N)=O)C(=O)[C@@]2(O)C(O)=C3C(=O)c4c(O)ccc(Cl)c4[C@@H](O)[C@H]3C[C@@H]12. The molecule has 8 N–H and O–H groups in total. The van der Waals surface area contributed by atoms with Crippen molar-refractivity contribution in [1.82, 2.24) is 5.32 Å². The minimum absolute atomic E-state index is 0.0108. The number of carbonyl (C=O) groups is 3. The van der Waals surface area contributed by atoms with Gasteiger partial charge in [-0.05, 0) is 25.6 Å². The summed E-state index contributed by atoms with van der Waals surface area (Å²) in [5.74, 6) is -8.27. The predicted octanol–water partition coefficient (Wildman–Crippen LogP) is -0.0773. The Kier molecular flexibility index (Phi) is 4.67. The van der Waals surface area contributed by atoms with Crippen LogP contribution in [0.5, 0.6) is 5.75 Å². The molecule has 0 heterocycles. The number of aliphatic hydroxyl groups excluding tert-OH is 3. The summed E-state index contributed by atoms with van der Waals surface area (Å²) < 4.78 is 0. The van der Waals surface area contributed by atoms with Crippen molar-refractivity contribution in [3.05, 3.63) is 50.9 Å². The van der Waals surface area contributed by atoms with Crippen molar-refractivity contribution in [2.24, 2.45) is 17.6 Å². The van der Waals surface area contributed by atoms with Crippen LogP contribution in [0.1, 0.15) is 28.4 Å². The number of rotatable bonds is 2. The molecule has 0 spiro atoms. The monoisotopic (exact) mass is 450 g/mol. The number of carbonyl (C=O) groups excluding carboxylic acids is 3. The second-order valence-electron chi connectivity index (χ2n) is 7.83. The first-order valence-electron chi connectivity index (χ1n) is 9.33. The summed E-state index contributed by atoms with van der Waals surface area (Å²) >= 11 is 6.15. The van der Waals surface area contributed by atoms with E-state index < -0.39 is 75.5 Å². The number of likely N-dealkylation sites (N-methyl/N-ethyl adjacent to an activating group) is 1. The first-order valence-corrected chi connectivity index (χ1v) is 9.71. The number of amides is 1. The third-order valence-corrected chi connectivity index (χ3v) is 6.76. The zero-order chi connectivity index (χ0) is 23.0. The minimum atomic E-state index is -2.77. The maximum absolute atomic E-state index is 13.2. The van der Waals surface area contributed by atoms with Crippen LogP contribution in [0, 0.1) is 11.8 Å². The molecule has 31 heavy (non-hydrogen) atoms. The van der Waals surface area contributed by atoms with Crippen LogP contribution in [0.3, 0.4) is 0 Å². The van der Waals surface area contributed by atoms with Crippen LogP contribution in [0.2, 0.25) is 5.02 Å². The van der Waals surface area contributed by atoms with Gasteiger partial charge in [-0.25, -0.2) is 0 Å². The van der Waals surface area contributed by atoms with E-state index in [-0.39, 0.29) is 22.6 Å². The largest absolute Gasteiger partial charge is 0.510 e. The van der Waals surface area contributed by atoms with Gasteiger partial charge in [-0.1, -0.05) is 11.6 Å². The molecule has 0 saturated heterocycles. The number of benzene rings is 1. The molecule has 4 rings (SSSR count). The summed E-state index contributed by atoms with van der Waals surface area (Å²) in [4.78, 5) is 38.0. The van der Waals surface area contributed by atoms with E-state index in [2.05, 4.69) is 5.32 Å². The number of halogens is 1. The van der Waals surface area contributed by atoms with Crippen LogP contribution >= 0.6 is 11.6 Å². The summed E-state index contributed by atoms with van der Waals surface area (Å²) in [5, 5.41) is 56.6. The fraction of sp³-hybridized carbons (Fsp3) is 0.350. The highest BCUT2D eigenvalue weighted by atomic mass is 35.5. The highest BCUT2D eigenvalue weighted by Gasteiger charge is 2.63. The Morgan fingerprint density at radius 2 is 1.90 bits per heavy atom. The number of nitrogens with one attached hydrogen (secondary N) is 1. The van der Waals surface area contributed by atoms with Crippen molar-refractivity contribution in [2.45, 2.75) is 24.2 Å². The third-order valence-electron chi connectivity index (χ3n) is 6.43. The highest BCUT2D eigenvalue weighted by Crippen LogP contribution is 2.55. The van der Waals surface area contributed by atoms with E-state index in [1.165, 1.54) is 13.1 Å². The lowest BCUT2D eigenvalue weighted by atomic mass is 9.58. The van der Waals surface area contributed by atoms with Gasteiger partial charge in [0.2, 0.25) is 5.78 Å². The van der Waals surface area contributed by atoms with Gasteiger partial charge in [0, 0.05) is 28.0 Å². The second kappa shape index (κ2) is 6.79. The standard InChI is InChI=1S/C20H19ClN2O8/c1-23-13-6-4-5-9(15(26)11-8(24)3-2-7(21)10(11)14(5)25)17(28)20(6,31)18(29)12(16(13)27)19(22)30/h2-3,5-6,13-14,23-25,27-28,31H,4H2,1H3,(H2,22,30)/t5-,6-,13-,14-,20-/m0/s1. The molecule has 0 unspecified atom stereocenters. The number of fused-ring (bicyclic) bond motifs is 3. The van der Waals surface area contributed by atoms with Gasteiger partial charge in [0.25, 0.3) is 5.91 Å². The molecule has 3 aliphatic carbocycles. The first kappa shape index (κ1) is 21.3. The molecule has 0 saturated carbocycles. The van der Waals surface area contributed by atoms with Gasteiger partial charge in [-0.3, -0.25) is 14.4 Å². The molecule has 1 aromatic rings. The van der Waals surface area contributed by atoms with Crippen LogP contribution in [0.15, 0.2) is 34.8 Å². The van der Waals surface area contributed by atoms with E-state index in [9.17, 15) is 39.9 Å². The van der Waals surface area contributed by atoms with E-state index in [0.29, 0.717) is 0 Å². The number of aromatic hydroxyl groups is 1. The molecule has 164 valence electrons. The Hall–Kier alpha value is -2.92. The number of phenolic OH excluding ortho intramolecular Hbond substituents is 1. The van der Waals surface area contributed by atoms with E-state index in [1.807, 2.05) is 0 Å². The Morgan fingerprint density at radius 3 is 2.48 bits per heavy atom. The number of Topliss-reactive ketones (excluding diaryl/α,β-unsaturated/α-hetero) is 2. The van der Waals surface area contributed by atoms with Gasteiger partial charge in [-0.15, -0.1) is 0 Å². The molecule has 3 aliphatic rings. The quantitative estimate of drug-likeness (QED) is 0.302. The normalized spacial score (nSPS) is 32.5. The summed E-state index contributed by atoms with van der Waals surface area (Å²) in [6, 6.07) is 1.24. The number of aliphatic hydroxyl groups is 4. The Bertz CT molecular complexity index is 1130. The number of hydrogen-bond acceptors (Lipinski definition) is 9. The lowest BCUT2D eigenvalue weighted by Crippen LogP contribution is -2.64. The van der Waals surface area contributed by atoms with Crippen LogP contribution in [0.25, 0.3) is 0 Å². The maximum atomic E-state index is 13.2. The highest BCUT2D eigenvalue weighted by molar-refractivity contribution is 6.33. The molecule has 0 aliphatic heterocycles. The Labute approximate surface area is 180 Å². The Morgan fingerprint density at radius 1 is 1.26 bits per heavy atom. The van der Waals surface area contributed by atoms with Crippen molar-refractivity contribution < 1.29 is 39.9 Å². The van der Waals surface area contributed by atoms with Crippen LogP contribution < -0.4 is 11.1 Å². The average molecular weight is 451 g/mol. The molecular weight excluding hydrogens is 432 g/mol. The molecule has 11 heteroatoms. The molecule has 1 amide bonds. The van der Waals surface area contributed by atoms with Gasteiger partial charge in [0.05, 0.1) is 17.7 Å². The van der Waals surface area contributed by atoms with E-state index >= 15 is 0 Å². The fourth-order valence-electron chi connectivity index (χ4n) is 5.01. The fourth-order valence-corrected chi connectivity index (χ4v) is 5.28. The van der Waals surface area contributed by atoms with Crippen molar-refractivity contribution >= 4 is 29.1 Å². The molecule has 0 fully saturated rings. The lowest BCUT2D eigenvalue weighted by Gasteiger charge is -2.49. The third kappa shape index (κ3) is 2.53. The number of nitrogens with two attached hydrogens (primary N) is 1. The smallest absolute Gasteiger partial charge is 0.255 e. The molecule has 0 radical (unpaired) electrons. The van der Waals surface area contributed by atoms with E-state index in [4.69, 9.17) is 17.3 Å². The topological polar surface area (TPSA) is 190 Å². The first-order chi connectivity index (χ1) is 14.5. The van der Waals surface area contributed by atoms with Crippen molar-refractivity contribution in [1.29, 1.82) is 0 Å². The Balaban J connectivity index is 2.01. The molecule has 0 bridgehead atoms. The summed E-state index contributed by atoms with van der Waals surface area (Å²) in [7, 11) is 1.39. The summed E-state index contributed by atoms with van der Waals surface area (Å²) in [6.07, 6.45) is -1.72. The van der Waals surface area contributed by atoms with Gasteiger partial charge in [0.15, 0.2) is 11.4 Å². The van der Waals surface area contributed by atoms with Gasteiger partial charge >= 0.3 is 0 Å². The van der Waals surface area contributed by atoms with Crippen LogP contribution in [-0.2, 0) is 9.59 Å². The minimum Gasteiger partial charge on any atom is -0.510 e.